The van der Waals surface area contributed by atoms with Crippen LogP contribution in [0.15, 0.2) is 24.3 Å². The van der Waals surface area contributed by atoms with Crippen LogP contribution in [-0.4, -0.2) is 380 Å². The molecule has 21 saturated heterocycles. The molecular formula is C50H75NO37. The summed E-state index contributed by atoms with van der Waals surface area (Å²) >= 11 is 0. The van der Waals surface area contributed by atoms with Gasteiger partial charge in [-0.3, -0.25) is 4.79 Å². The van der Waals surface area contributed by atoms with Gasteiger partial charge in [0.25, 0.3) is 5.91 Å². The standard InChI is InChI=1S/C50H75NO37/c52-6-15-36-23(60)30(67)46(77-15)85-38-17(8-54)79-48(32(69)25(38)62)87-40-19(10-56)81-50(34(71)27(40)64)88-41-20(11-57)80-49(33(70)26(41)63)86-39-18(9-55)78-47(31(68)24(39)61)84-37-16(7-53)76-45(29(66)22(37)59)82-35-14(75-44(83-36)28(65)21(35)58)5-51-42(72)12-1-3-13(4-2-12)43(73)74/h1-4,14-41,44-50,52-71H,5-11H2,(H,51,72)(H,73,74)/t14-,15-,16-,17-,18-,19-,20-,21-,22-,23-,24-,25-,26-,27-,28-,29-,30-,31-,32-,33-,34-,35-,36-,37-,38-,39-,40-,41-,44-,45-,46-,47-,48-,49-,50-/m1/s1. The number of hydrogen-bond donors (Lipinski definition) is 22. The third-order valence-electron chi connectivity index (χ3n) is 16.5. The van der Waals surface area contributed by atoms with Gasteiger partial charge >= 0.3 is 5.97 Å². The van der Waals surface area contributed by atoms with Gasteiger partial charge in [-0.2, -0.15) is 0 Å². The van der Waals surface area contributed by atoms with Crippen LogP contribution in [0, 0.1) is 0 Å². The molecule has 88 heavy (non-hydrogen) atoms. The number of amides is 1. The van der Waals surface area contributed by atoms with Crippen molar-refractivity contribution in [1.82, 2.24) is 5.32 Å². The highest BCUT2D eigenvalue weighted by atomic mass is 16.8. The molecule has 35 atom stereocenters. The van der Waals surface area contributed by atoms with E-state index >= 15 is 0 Å². The minimum Gasteiger partial charge on any atom is -0.478 e. The first-order valence-corrected chi connectivity index (χ1v) is 27.9. The van der Waals surface area contributed by atoms with Crippen LogP contribution in [-0.2, 0) is 66.3 Å². The molecule has 0 aliphatic carbocycles. The summed E-state index contributed by atoms with van der Waals surface area (Å²) in [5.41, 5.74) is -0.303. The van der Waals surface area contributed by atoms with E-state index in [4.69, 9.17) is 66.3 Å². The average Bonchev–Trinajstić information content (AvgIpc) is 1.96. The van der Waals surface area contributed by atoms with Crippen LogP contribution in [0.5, 0.6) is 0 Å². The Balaban J connectivity index is 1.02. The average molecular weight is 1280 g/mol. The van der Waals surface area contributed by atoms with Crippen LogP contribution in [0.4, 0.5) is 0 Å². The van der Waals surface area contributed by atoms with Crippen LogP contribution >= 0.6 is 0 Å². The van der Waals surface area contributed by atoms with Crippen LogP contribution in [0.1, 0.15) is 20.7 Å². The molecule has 0 spiro atoms. The topological polar surface area (TPSA) is 600 Å². The number of aliphatic hydroxyl groups is 20. The fourth-order valence-corrected chi connectivity index (χ4v) is 11.5. The highest BCUT2D eigenvalue weighted by Crippen LogP contribution is 2.39. The normalized spacial score (nSPS) is 49.8. The number of hydrogen-bond acceptors (Lipinski definition) is 36. The molecule has 1 amide bonds. The van der Waals surface area contributed by atoms with Gasteiger partial charge in [0, 0.05) is 12.1 Å². The van der Waals surface area contributed by atoms with Crippen molar-refractivity contribution in [1.29, 1.82) is 0 Å². The Morgan fingerprint density at radius 2 is 0.466 bits per heavy atom. The van der Waals surface area contributed by atoms with E-state index in [1.807, 2.05) is 0 Å². The molecule has 0 unspecified atom stereocenters. The number of benzene rings is 1. The van der Waals surface area contributed by atoms with Crippen molar-refractivity contribution in [2.45, 2.75) is 215 Å². The molecule has 0 radical (unpaired) electrons. The molecule has 21 fully saturated rings. The minimum atomic E-state index is -2.31. The number of aliphatic hydroxyl groups excluding tert-OH is 20. The number of aromatic carboxylic acids is 1. The lowest BCUT2D eigenvalue weighted by molar-refractivity contribution is -0.396. The van der Waals surface area contributed by atoms with E-state index in [0.717, 1.165) is 24.3 Å². The summed E-state index contributed by atoms with van der Waals surface area (Å²) in [7, 11) is 0. The van der Waals surface area contributed by atoms with Gasteiger partial charge in [0.15, 0.2) is 44.0 Å². The summed E-state index contributed by atoms with van der Waals surface area (Å²) in [4.78, 5) is 24.9. The maximum atomic E-state index is 13.4. The highest BCUT2D eigenvalue weighted by molar-refractivity contribution is 5.95. The second-order valence-corrected chi connectivity index (χ2v) is 22.1. The van der Waals surface area contributed by atoms with Crippen molar-refractivity contribution < 1.29 is 183 Å². The van der Waals surface area contributed by atoms with Gasteiger partial charge in [0.05, 0.1) is 45.2 Å². The molecule has 22 N–H and O–H groups in total. The van der Waals surface area contributed by atoms with Gasteiger partial charge in [-0.05, 0) is 24.3 Å². The van der Waals surface area contributed by atoms with Gasteiger partial charge in [0.1, 0.15) is 171 Å². The number of rotatable bonds is 10. The van der Waals surface area contributed by atoms with Crippen molar-refractivity contribution >= 4 is 11.9 Å². The predicted molar refractivity (Wildman–Crippen MR) is 267 cm³/mol. The molecule has 21 heterocycles. The fourth-order valence-electron chi connectivity index (χ4n) is 11.5. The summed E-state index contributed by atoms with van der Waals surface area (Å²) in [6.45, 7) is -7.26. The highest BCUT2D eigenvalue weighted by Gasteiger charge is 2.59. The Kier molecular flexibility index (Phi) is 23.1. The van der Waals surface area contributed by atoms with E-state index in [1.54, 1.807) is 0 Å². The van der Waals surface area contributed by atoms with Crippen molar-refractivity contribution in [2.75, 3.05) is 46.2 Å². The zero-order valence-corrected chi connectivity index (χ0v) is 45.9. The molecule has 38 heteroatoms. The van der Waals surface area contributed by atoms with E-state index < -0.39 is 273 Å². The lowest BCUT2D eigenvalue weighted by atomic mass is 9.95. The number of ether oxygens (including phenoxy) is 14. The zero-order chi connectivity index (χ0) is 63.9. The third kappa shape index (κ3) is 13.9. The molecule has 0 aromatic heterocycles. The molecule has 21 aliphatic rings. The molecule has 22 rings (SSSR count). The minimum absolute atomic E-state index is 0.115. The van der Waals surface area contributed by atoms with Crippen molar-refractivity contribution in [3.8, 4) is 0 Å². The number of carboxylic acid groups (broad SMARTS) is 1. The summed E-state index contributed by atoms with van der Waals surface area (Å²) in [5.74, 6) is -2.21. The van der Waals surface area contributed by atoms with Crippen molar-refractivity contribution in [2.24, 2.45) is 0 Å². The van der Waals surface area contributed by atoms with E-state index in [1.165, 1.54) is 0 Å². The summed E-state index contributed by atoms with van der Waals surface area (Å²) < 4.78 is 80.7. The van der Waals surface area contributed by atoms with Gasteiger partial charge in [-0.15, -0.1) is 0 Å². The number of carbonyl (C=O) groups is 2. The molecule has 38 nitrogen and oxygen atoms in total. The maximum absolute atomic E-state index is 13.4. The lowest BCUT2D eigenvalue weighted by Gasteiger charge is -2.50. The first kappa shape index (κ1) is 69.1. The van der Waals surface area contributed by atoms with E-state index in [0.29, 0.717) is 0 Å². The van der Waals surface area contributed by atoms with Crippen LogP contribution in [0.25, 0.3) is 0 Å². The molecule has 1 aromatic carbocycles. The SMILES string of the molecule is O=C(O)c1ccc(C(=O)NC[C@H]2O[C@@H]3O[C@H]4[C@H](O)[C@@H](O)[C@@H](O[C@H]5[C@H](O)[C@@H](O)[C@@H](O[C@H]6[C@H](O)[C@@H](O)[C@@H](O[C@H]7[C@H](O)[C@@H](O)[C@@H](O[C@H]8[C@H](O)[C@@H](O)[C@@H](O[C@H]9[C@H](O)[C@@H](O)[C@@H](O[C@H]2[C@H](O)[C@H]3O)O[C@@H]9CO)O[C@@H]8CO)O[C@@H]7CO)O[C@@H]6CO)O[C@@H]5CO)O[C@@H]4CO)cc1. The molecule has 1 aromatic rings. The van der Waals surface area contributed by atoms with Crippen LogP contribution in [0.2, 0.25) is 0 Å². The van der Waals surface area contributed by atoms with Crippen LogP contribution in [0.3, 0.4) is 0 Å². The maximum Gasteiger partial charge on any atom is 0.335 e. The van der Waals surface area contributed by atoms with Gasteiger partial charge < -0.3 is 179 Å². The van der Waals surface area contributed by atoms with Crippen LogP contribution < -0.4 is 5.32 Å². The summed E-state index contributed by atoms with van der Waals surface area (Å²) in [5, 5.41) is 235. The second kappa shape index (κ2) is 29.4. The number of carboxylic acids is 1. The largest absolute Gasteiger partial charge is 0.478 e. The Bertz CT molecular complexity index is 2390. The summed E-state index contributed by atoms with van der Waals surface area (Å²) in [6, 6.07) is 4.50. The Morgan fingerprint density at radius 1 is 0.284 bits per heavy atom. The van der Waals surface area contributed by atoms with Gasteiger partial charge in [-0.1, -0.05) is 0 Å². The van der Waals surface area contributed by atoms with E-state index in [-0.39, 0.29) is 11.1 Å². The number of nitrogens with one attached hydrogen (secondary N) is 1. The molecule has 21 aliphatic heterocycles. The quantitative estimate of drug-likeness (QED) is 0.103. The summed E-state index contributed by atoms with van der Waals surface area (Å²) in [6.07, 6.45) is -72.2. The first-order chi connectivity index (χ1) is 41.9. The Hall–Kier alpha value is -3.20. The third-order valence-corrected chi connectivity index (χ3v) is 16.5. The molecule has 502 valence electrons. The number of carbonyl (C=O) groups excluding carboxylic acids is 1. The molecular weight excluding hydrogens is 1210 g/mol. The molecule has 0 saturated carbocycles. The van der Waals surface area contributed by atoms with Gasteiger partial charge in [-0.25, -0.2) is 4.79 Å². The van der Waals surface area contributed by atoms with Gasteiger partial charge in [0.2, 0.25) is 0 Å². The fraction of sp³-hybridized carbons (Fsp3) is 0.840. The second-order valence-electron chi connectivity index (χ2n) is 22.1. The van der Waals surface area contributed by atoms with E-state index in [9.17, 15) is 117 Å². The predicted octanol–water partition coefficient (Wildman–Crippen LogP) is -14.1. The lowest BCUT2D eigenvalue weighted by Crippen LogP contribution is -2.68. The van der Waals surface area contributed by atoms with Crippen molar-refractivity contribution in [3.63, 3.8) is 0 Å². The zero-order valence-electron chi connectivity index (χ0n) is 45.9. The van der Waals surface area contributed by atoms with Crippen molar-refractivity contribution in [3.05, 3.63) is 35.4 Å². The monoisotopic (exact) mass is 1280 g/mol. The van der Waals surface area contributed by atoms with E-state index in [2.05, 4.69) is 5.32 Å². The first-order valence-electron chi connectivity index (χ1n) is 27.9. The Morgan fingerprint density at radius 3 is 0.659 bits per heavy atom. The Labute approximate surface area is 496 Å². The smallest absolute Gasteiger partial charge is 0.335 e. The molecule has 14 bridgehead atoms.